The van der Waals surface area contributed by atoms with Crippen LogP contribution < -0.4 is 19.9 Å². The van der Waals surface area contributed by atoms with Gasteiger partial charge in [0.15, 0.2) is 15.8 Å². The maximum absolute atomic E-state index is 14.4. The number of thiazole rings is 1. The quantitative estimate of drug-likeness (QED) is 0.342. The van der Waals surface area contributed by atoms with Gasteiger partial charge in [0.2, 0.25) is 0 Å². The van der Waals surface area contributed by atoms with Gasteiger partial charge in [-0.15, -0.1) is 0 Å². The summed E-state index contributed by atoms with van der Waals surface area (Å²) in [4.78, 5) is 22.2. The van der Waals surface area contributed by atoms with E-state index in [1.54, 1.807) is 12.1 Å². The van der Waals surface area contributed by atoms with E-state index in [1.165, 1.54) is 11.3 Å². The van der Waals surface area contributed by atoms with Crippen molar-refractivity contribution in [3.05, 3.63) is 36.4 Å². The lowest BCUT2D eigenvalue weighted by Gasteiger charge is -2.34. The van der Waals surface area contributed by atoms with Crippen LogP contribution in [-0.2, 0) is 0 Å². The number of ether oxygens (including phenoxy) is 1. The van der Waals surface area contributed by atoms with E-state index in [-0.39, 0.29) is 11.3 Å². The number of anilines is 3. The molecule has 4 fully saturated rings. The molecule has 0 amide bonds. The highest BCUT2D eigenvalue weighted by Gasteiger charge is 2.49. The number of halogens is 1. The summed E-state index contributed by atoms with van der Waals surface area (Å²) in [6.45, 7) is 3.54. The topological polar surface area (TPSA) is 89.9 Å². The molecule has 0 saturated carbocycles. The van der Waals surface area contributed by atoms with Crippen LogP contribution in [0.4, 0.5) is 21.0 Å². The third-order valence-electron chi connectivity index (χ3n) is 9.43. The van der Waals surface area contributed by atoms with Crippen molar-refractivity contribution in [1.29, 1.82) is 0 Å². The predicted octanol–water partition coefficient (Wildman–Crippen LogP) is 4.61. The standard InChI is InChI=1S/C30H34FN7O2S/c1-36(24-12-22(39)11-18-5-2-3-6-23(18)24)29-33-25-26(37-15-20-7-8-21(16-37)32-20)34-28(35-27(25)41-29)40-17-30-9-4-10-38(30)14-19(31)13-30/h2-3,5-6,11-12,19-21,32,39H,4,7-10,13-17H2,1H3/t19?,20?,21?,30-/m0/s1. The van der Waals surface area contributed by atoms with Crippen molar-refractivity contribution in [2.24, 2.45) is 0 Å². The number of alkyl halides is 1. The Hall–Kier alpha value is -3.28. The molecule has 0 aliphatic carbocycles. The molecule has 41 heavy (non-hydrogen) atoms. The van der Waals surface area contributed by atoms with Crippen LogP contribution in [-0.4, -0.2) is 88.6 Å². The molecule has 4 saturated heterocycles. The van der Waals surface area contributed by atoms with Gasteiger partial charge in [0.1, 0.15) is 24.0 Å². The number of hydrogen-bond donors (Lipinski definition) is 2. The molecule has 9 nitrogen and oxygen atoms in total. The number of phenols is 1. The van der Waals surface area contributed by atoms with E-state index in [2.05, 4.69) is 21.2 Å². The summed E-state index contributed by atoms with van der Waals surface area (Å²) in [7, 11) is 1.97. The van der Waals surface area contributed by atoms with Gasteiger partial charge in [-0.3, -0.25) is 4.90 Å². The number of phenolic OH excluding ortho intramolecular Hbond substituents is 1. The lowest BCUT2D eigenvalue weighted by Crippen LogP contribution is -2.51. The van der Waals surface area contributed by atoms with E-state index in [1.807, 2.05) is 30.1 Å². The first kappa shape index (κ1) is 25.4. The zero-order valence-corrected chi connectivity index (χ0v) is 23.9. The number of aromatic nitrogens is 3. The second-order valence-corrected chi connectivity index (χ2v) is 13.1. The number of aromatic hydroxyl groups is 1. The van der Waals surface area contributed by atoms with Crippen molar-refractivity contribution >= 4 is 49.1 Å². The summed E-state index contributed by atoms with van der Waals surface area (Å²) in [6, 6.07) is 12.8. The molecule has 3 unspecified atom stereocenters. The first-order valence-electron chi connectivity index (χ1n) is 14.6. The largest absolute Gasteiger partial charge is 0.508 e. The first-order valence-corrected chi connectivity index (χ1v) is 15.4. The molecule has 4 aromatic rings. The fourth-order valence-electron chi connectivity index (χ4n) is 7.48. The van der Waals surface area contributed by atoms with Crippen molar-refractivity contribution in [3.8, 4) is 11.8 Å². The van der Waals surface area contributed by atoms with Gasteiger partial charge < -0.3 is 25.0 Å². The lowest BCUT2D eigenvalue weighted by molar-refractivity contribution is 0.107. The Morgan fingerprint density at radius 1 is 1.15 bits per heavy atom. The van der Waals surface area contributed by atoms with Crippen LogP contribution >= 0.6 is 11.3 Å². The molecule has 0 spiro atoms. The molecule has 2 N–H and O–H groups in total. The zero-order valence-electron chi connectivity index (χ0n) is 23.1. The van der Waals surface area contributed by atoms with Gasteiger partial charge in [-0.2, -0.15) is 9.97 Å². The Balaban J connectivity index is 1.18. The van der Waals surface area contributed by atoms with Gasteiger partial charge in [0.25, 0.3) is 0 Å². The molecule has 4 aliphatic heterocycles. The molecule has 6 heterocycles. The summed E-state index contributed by atoms with van der Waals surface area (Å²) in [5.74, 6) is 1.01. The van der Waals surface area contributed by atoms with E-state index < -0.39 is 6.17 Å². The van der Waals surface area contributed by atoms with Crippen LogP contribution in [0.15, 0.2) is 36.4 Å². The highest BCUT2D eigenvalue weighted by molar-refractivity contribution is 7.22. The minimum Gasteiger partial charge on any atom is -0.508 e. The minimum atomic E-state index is -0.803. The van der Waals surface area contributed by atoms with Gasteiger partial charge in [-0.05, 0) is 43.7 Å². The molecule has 8 rings (SSSR count). The number of rotatable bonds is 6. The van der Waals surface area contributed by atoms with E-state index in [0.29, 0.717) is 37.7 Å². The fraction of sp³-hybridized carbons (Fsp3) is 0.500. The Bertz CT molecular complexity index is 1620. The van der Waals surface area contributed by atoms with Gasteiger partial charge in [0, 0.05) is 56.6 Å². The lowest BCUT2D eigenvalue weighted by atomic mass is 9.95. The van der Waals surface area contributed by atoms with Gasteiger partial charge >= 0.3 is 6.01 Å². The number of nitrogens with one attached hydrogen (secondary N) is 1. The highest BCUT2D eigenvalue weighted by Crippen LogP contribution is 2.42. The molecular formula is C30H34FN7O2S. The SMILES string of the molecule is CN(c1nc2c(N3CC4CCC(C3)N4)nc(OC[C@@]34CCCN3CC(F)C4)nc2s1)c1cc(O)cc2ccccc12. The van der Waals surface area contributed by atoms with Crippen LogP contribution in [0.1, 0.15) is 32.1 Å². The van der Waals surface area contributed by atoms with E-state index in [4.69, 9.17) is 19.7 Å². The Kier molecular flexibility index (Phi) is 5.98. The summed E-state index contributed by atoms with van der Waals surface area (Å²) in [5.41, 5.74) is 1.37. The molecule has 2 aromatic carbocycles. The smallest absolute Gasteiger partial charge is 0.319 e. The molecule has 2 bridgehead atoms. The van der Waals surface area contributed by atoms with Crippen molar-refractivity contribution in [1.82, 2.24) is 25.2 Å². The average Bonchev–Trinajstić information content (AvgIpc) is 3.72. The second-order valence-electron chi connectivity index (χ2n) is 12.1. The number of hydrogen-bond acceptors (Lipinski definition) is 10. The van der Waals surface area contributed by atoms with Crippen molar-refractivity contribution < 1.29 is 14.2 Å². The maximum atomic E-state index is 14.4. The van der Waals surface area contributed by atoms with Gasteiger partial charge in [-0.1, -0.05) is 35.6 Å². The number of fused-ring (bicyclic) bond motifs is 5. The first-order chi connectivity index (χ1) is 19.9. The van der Waals surface area contributed by atoms with Crippen LogP contribution in [0.2, 0.25) is 0 Å². The van der Waals surface area contributed by atoms with Crippen LogP contribution in [0, 0.1) is 0 Å². The third kappa shape index (κ3) is 4.36. The van der Waals surface area contributed by atoms with Gasteiger partial charge in [-0.25, -0.2) is 9.37 Å². The molecular weight excluding hydrogens is 541 g/mol. The third-order valence-corrected chi connectivity index (χ3v) is 10.5. The zero-order chi connectivity index (χ0) is 27.7. The molecule has 4 aliphatic rings. The minimum absolute atomic E-state index is 0.210. The predicted molar refractivity (Wildman–Crippen MR) is 160 cm³/mol. The van der Waals surface area contributed by atoms with Crippen LogP contribution in [0.25, 0.3) is 21.1 Å². The molecule has 0 radical (unpaired) electrons. The summed E-state index contributed by atoms with van der Waals surface area (Å²) >= 11 is 1.49. The molecule has 4 atom stereocenters. The van der Waals surface area contributed by atoms with Crippen LogP contribution in [0.5, 0.6) is 11.8 Å². The normalized spacial score (nSPS) is 27.7. The maximum Gasteiger partial charge on any atom is 0.319 e. The number of piperazine rings is 1. The average molecular weight is 576 g/mol. The van der Waals surface area contributed by atoms with Crippen molar-refractivity contribution in [2.45, 2.75) is 55.9 Å². The van der Waals surface area contributed by atoms with Crippen molar-refractivity contribution in [3.63, 3.8) is 0 Å². The highest BCUT2D eigenvalue weighted by atomic mass is 32.1. The molecule has 11 heteroatoms. The molecule has 214 valence electrons. The number of benzene rings is 2. The monoisotopic (exact) mass is 575 g/mol. The summed E-state index contributed by atoms with van der Waals surface area (Å²) in [6.07, 6.45) is 4.04. The van der Waals surface area contributed by atoms with E-state index in [9.17, 15) is 9.50 Å². The summed E-state index contributed by atoms with van der Waals surface area (Å²) in [5, 5.41) is 16.9. The van der Waals surface area contributed by atoms with E-state index >= 15 is 0 Å². The Labute approximate surface area is 242 Å². The Morgan fingerprint density at radius 3 is 2.83 bits per heavy atom. The number of nitrogens with zero attached hydrogens (tertiary/aromatic N) is 6. The Morgan fingerprint density at radius 2 is 1.98 bits per heavy atom. The molecule has 2 aromatic heterocycles. The second kappa shape index (κ2) is 9.64. The van der Waals surface area contributed by atoms with Gasteiger partial charge in [0.05, 0.1) is 11.2 Å². The van der Waals surface area contributed by atoms with Crippen molar-refractivity contribution in [2.75, 3.05) is 49.6 Å². The fourth-order valence-corrected chi connectivity index (χ4v) is 8.38. The van der Waals surface area contributed by atoms with Crippen LogP contribution in [0.3, 0.4) is 0 Å². The van der Waals surface area contributed by atoms with E-state index in [0.717, 1.165) is 83.1 Å². The summed E-state index contributed by atoms with van der Waals surface area (Å²) < 4.78 is 20.7.